The summed E-state index contributed by atoms with van der Waals surface area (Å²) in [5, 5.41) is 15.2. The molecule has 0 bridgehead atoms. The second-order valence-corrected chi connectivity index (χ2v) is 12.4. The van der Waals surface area contributed by atoms with Crippen LogP contribution in [-0.4, -0.2) is 19.6 Å². The molecule has 0 aliphatic carbocycles. The van der Waals surface area contributed by atoms with Gasteiger partial charge in [-0.2, -0.15) is 0 Å². The fourth-order valence-corrected chi connectivity index (χ4v) is 7.12. The zero-order chi connectivity index (χ0) is 30.2. The van der Waals surface area contributed by atoms with Crippen LogP contribution in [-0.2, 0) is 0 Å². The Labute approximate surface area is 260 Å². The van der Waals surface area contributed by atoms with Crippen molar-refractivity contribution in [1.82, 2.24) is 14.9 Å². The minimum Gasteiger partial charge on any atom is -0.351 e. The smallest absolute Gasteiger partial charge is 0.269 e. The number of hydrogen-bond acceptors (Lipinski definition) is 5. The van der Waals surface area contributed by atoms with Crippen LogP contribution in [0.15, 0.2) is 107 Å². The third kappa shape index (κ3) is 5.66. The van der Waals surface area contributed by atoms with Crippen LogP contribution >= 0.6 is 24.0 Å². The van der Waals surface area contributed by atoms with Gasteiger partial charge in [0.05, 0.1) is 22.7 Å². The molecular weight excluding hydrogens is 575 g/mol. The highest BCUT2D eigenvalue weighted by molar-refractivity contribution is 7.99. The van der Waals surface area contributed by atoms with Crippen molar-refractivity contribution in [3.63, 3.8) is 0 Å². The van der Waals surface area contributed by atoms with Gasteiger partial charge in [0.2, 0.25) is 0 Å². The number of non-ortho nitro benzene ring substituents is 1. The third-order valence-corrected chi connectivity index (χ3v) is 9.08. The SMILES string of the molecule is Cc1cc(C)cc(-n2c(C)cc([C@H]3[C@H](c4ccccn4)NC(=S)N3c3ccc(Sc4ccc([N+](=O)[O-])cc4)cc3)c2C)c1. The summed E-state index contributed by atoms with van der Waals surface area (Å²) in [6.07, 6.45) is 1.82. The van der Waals surface area contributed by atoms with E-state index in [1.807, 2.05) is 24.4 Å². The Bertz CT molecular complexity index is 1800. The molecule has 7 nitrogen and oxygen atoms in total. The number of hydrogen-bond donors (Lipinski definition) is 1. The quantitative estimate of drug-likeness (QED) is 0.114. The standard InChI is InChI=1S/C34H31N5O2S2/c1-21-17-22(2)19-27(18-21)37-23(3)20-30(24(37)4)33-32(31-7-5-6-16-35-31)36-34(42)38(33)25-8-12-28(13-9-25)43-29-14-10-26(11-15-29)39(40)41/h5-20,32-33H,1-4H3,(H,36,42)/t32-,33-/m0/s1. The molecule has 2 atom stereocenters. The lowest BCUT2D eigenvalue weighted by Gasteiger charge is -2.28. The number of nitrogens with zero attached hydrogens (tertiary/aromatic N) is 4. The normalized spacial score (nSPS) is 16.4. The second-order valence-electron chi connectivity index (χ2n) is 10.9. The summed E-state index contributed by atoms with van der Waals surface area (Å²) in [7, 11) is 0. The highest BCUT2D eigenvalue weighted by Gasteiger charge is 2.42. The molecule has 0 saturated carbocycles. The summed E-state index contributed by atoms with van der Waals surface area (Å²) < 4.78 is 2.33. The minimum absolute atomic E-state index is 0.0835. The van der Waals surface area contributed by atoms with Crippen LogP contribution in [0.2, 0.25) is 0 Å². The molecule has 9 heteroatoms. The van der Waals surface area contributed by atoms with Gasteiger partial charge in [0.25, 0.3) is 5.69 Å². The van der Waals surface area contributed by atoms with Crippen LogP contribution in [0.5, 0.6) is 0 Å². The van der Waals surface area contributed by atoms with Crippen molar-refractivity contribution in [3.8, 4) is 5.69 Å². The molecule has 0 unspecified atom stereocenters. The molecule has 5 aromatic rings. The Morgan fingerprint density at radius 2 is 1.51 bits per heavy atom. The van der Waals surface area contributed by atoms with Crippen molar-refractivity contribution >= 4 is 40.5 Å². The van der Waals surface area contributed by atoms with E-state index in [1.54, 1.807) is 23.9 Å². The van der Waals surface area contributed by atoms with Crippen LogP contribution in [0.4, 0.5) is 11.4 Å². The average molecular weight is 606 g/mol. The molecule has 0 radical (unpaired) electrons. The first-order chi connectivity index (χ1) is 20.7. The highest BCUT2D eigenvalue weighted by atomic mass is 32.2. The molecule has 3 aromatic carbocycles. The van der Waals surface area contributed by atoms with Gasteiger partial charge in [0.15, 0.2) is 5.11 Å². The van der Waals surface area contributed by atoms with Crippen LogP contribution in [0.25, 0.3) is 5.69 Å². The first-order valence-electron chi connectivity index (χ1n) is 14.0. The Balaban J connectivity index is 1.38. The van der Waals surface area contributed by atoms with Gasteiger partial charge < -0.3 is 14.8 Å². The summed E-state index contributed by atoms with van der Waals surface area (Å²) in [6.45, 7) is 8.60. The molecule has 1 aliphatic heterocycles. The van der Waals surface area contributed by atoms with E-state index < -0.39 is 0 Å². The van der Waals surface area contributed by atoms with Gasteiger partial charge in [-0.15, -0.1) is 0 Å². The zero-order valence-electron chi connectivity index (χ0n) is 24.3. The van der Waals surface area contributed by atoms with E-state index in [0.29, 0.717) is 5.11 Å². The minimum atomic E-state index is -0.385. The van der Waals surface area contributed by atoms with Gasteiger partial charge in [-0.1, -0.05) is 23.9 Å². The molecule has 3 heterocycles. The number of benzene rings is 3. The molecule has 2 aromatic heterocycles. The molecule has 0 amide bonds. The molecule has 1 saturated heterocycles. The van der Waals surface area contributed by atoms with Crippen LogP contribution in [0.1, 0.15) is 45.9 Å². The van der Waals surface area contributed by atoms with E-state index in [0.717, 1.165) is 38.2 Å². The number of nitrogens with one attached hydrogen (secondary N) is 1. The fraction of sp³-hybridized carbons (Fsp3) is 0.176. The second kappa shape index (κ2) is 11.7. The Kier molecular flexibility index (Phi) is 7.77. The first kappa shape index (κ1) is 28.6. The van der Waals surface area contributed by atoms with Gasteiger partial charge >= 0.3 is 0 Å². The van der Waals surface area contributed by atoms with Gasteiger partial charge in [0, 0.05) is 50.9 Å². The summed E-state index contributed by atoms with van der Waals surface area (Å²) in [6, 6.07) is 29.5. The van der Waals surface area contributed by atoms with E-state index in [-0.39, 0.29) is 22.7 Å². The molecule has 1 aliphatic rings. The van der Waals surface area contributed by atoms with E-state index in [4.69, 9.17) is 17.2 Å². The van der Waals surface area contributed by atoms with Crippen LogP contribution in [0.3, 0.4) is 0 Å². The molecule has 1 fully saturated rings. The Morgan fingerprint density at radius 3 is 2.12 bits per heavy atom. The van der Waals surface area contributed by atoms with Gasteiger partial charge in [0.1, 0.15) is 0 Å². The van der Waals surface area contributed by atoms with Gasteiger partial charge in [-0.25, -0.2) is 0 Å². The fourth-order valence-electron chi connectivity index (χ4n) is 5.96. The zero-order valence-corrected chi connectivity index (χ0v) is 25.9. The number of nitro groups is 1. The van der Waals surface area contributed by atoms with Crippen molar-refractivity contribution in [2.45, 2.75) is 49.6 Å². The Hall–Kier alpha value is -4.47. The van der Waals surface area contributed by atoms with E-state index in [2.05, 4.69) is 91.0 Å². The third-order valence-electron chi connectivity index (χ3n) is 7.75. The number of aromatic nitrogens is 2. The predicted molar refractivity (Wildman–Crippen MR) is 176 cm³/mol. The monoisotopic (exact) mass is 605 g/mol. The number of anilines is 1. The lowest BCUT2D eigenvalue weighted by Crippen LogP contribution is -2.29. The van der Waals surface area contributed by atoms with Gasteiger partial charge in [-0.05, 0) is 123 Å². The maximum absolute atomic E-state index is 11.0. The summed E-state index contributed by atoms with van der Waals surface area (Å²) in [4.78, 5) is 19.5. The topological polar surface area (TPSA) is 76.2 Å². The number of rotatable bonds is 7. The van der Waals surface area contributed by atoms with Crippen molar-refractivity contribution in [2.24, 2.45) is 0 Å². The van der Waals surface area contributed by atoms with E-state index in [1.165, 1.54) is 28.8 Å². The van der Waals surface area contributed by atoms with Crippen molar-refractivity contribution in [2.75, 3.05) is 4.90 Å². The molecule has 0 spiro atoms. The molecule has 43 heavy (non-hydrogen) atoms. The highest BCUT2D eigenvalue weighted by Crippen LogP contribution is 2.44. The van der Waals surface area contributed by atoms with E-state index in [9.17, 15) is 10.1 Å². The lowest BCUT2D eigenvalue weighted by molar-refractivity contribution is -0.384. The summed E-state index contributed by atoms with van der Waals surface area (Å²) in [5.74, 6) is 0. The van der Waals surface area contributed by atoms with Crippen LogP contribution < -0.4 is 10.2 Å². The largest absolute Gasteiger partial charge is 0.351 e. The molecule has 1 N–H and O–H groups in total. The van der Waals surface area contributed by atoms with Gasteiger partial charge in [-0.3, -0.25) is 15.1 Å². The predicted octanol–water partition coefficient (Wildman–Crippen LogP) is 8.34. The average Bonchev–Trinajstić information content (AvgIpc) is 3.48. The maximum atomic E-state index is 11.0. The molecule has 216 valence electrons. The summed E-state index contributed by atoms with van der Waals surface area (Å²) >= 11 is 7.54. The molecular formula is C34H31N5O2S2. The number of pyridine rings is 1. The number of nitro benzene ring substituents is 1. The van der Waals surface area contributed by atoms with Crippen molar-refractivity contribution in [1.29, 1.82) is 0 Å². The number of aryl methyl sites for hydroxylation is 3. The van der Waals surface area contributed by atoms with Crippen molar-refractivity contribution in [3.05, 3.63) is 141 Å². The summed E-state index contributed by atoms with van der Waals surface area (Å²) in [5.41, 5.74) is 9.11. The first-order valence-corrected chi connectivity index (χ1v) is 15.2. The van der Waals surface area contributed by atoms with E-state index >= 15 is 0 Å². The maximum Gasteiger partial charge on any atom is 0.269 e. The van der Waals surface area contributed by atoms with Crippen LogP contribution in [0, 0.1) is 37.8 Å². The van der Waals surface area contributed by atoms with Crippen molar-refractivity contribution < 1.29 is 4.92 Å². The Morgan fingerprint density at radius 1 is 0.860 bits per heavy atom. The number of thiocarbonyl (C=S) groups is 1. The molecule has 6 rings (SSSR count). The lowest BCUT2D eigenvalue weighted by atomic mass is 9.96.